The van der Waals surface area contributed by atoms with Crippen LogP contribution in [0.25, 0.3) is 0 Å². The highest BCUT2D eigenvalue weighted by atomic mass is 16.5. The topological polar surface area (TPSA) is 150 Å². The first-order valence-electron chi connectivity index (χ1n) is 14.9. The van der Waals surface area contributed by atoms with Crippen LogP contribution in [0.4, 0.5) is 37.1 Å². The Morgan fingerprint density at radius 2 is 1.07 bits per heavy atom. The Morgan fingerprint density at radius 1 is 0.630 bits per heavy atom. The van der Waals surface area contributed by atoms with Gasteiger partial charge in [0.25, 0.3) is 0 Å². The van der Waals surface area contributed by atoms with Gasteiger partial charge in [-0.05, 0) is 97.0 Å². The van der Waals surface area contributed by atoms with Crippen LogP contribution in [0.5, 0.6) is 0 Å². The van der Waals surface area contributed by atoms with Gasteiger partial charge in [-0.2, -0.15) is 4.99 Å². The van der Waals surface area contributed by atoms with Gasteiger partial charge in [-0.25, -0.2) is 19.2 Å². The van der Waals surface area contributed by atoms with E-state index in [9.17, 15) is 19.2 Å². The third kappa shape index (κ3) is 11.3. The molecule has 11 heteroatoms. The number of amides is 5. The summed E-state index contributed by atoms with van der Waals surface area (Å²) in [5.74, 6) is 0. The molecule has 5 N–H and O–H groups in total. The number of nitrogens with zero attached hydrogens (tertiary/aromatic N) is 1. The summed E-state index contributed by atoms with van der Waals surface area (Å²) in [6, 6.07) is 29.4. The van der Waals surface area contributed by atoms with Crippen molar-refractivity contribution >= 4 is 47.0 Å². The molecule has 0 heterocycles. The second-order valence-electron chi connectivity index (χ2n) is 10.3. The van der Waals surface area contributed by atoms with Gasteiger partial charge >= 0.3 is 18.2 Å². The molecule has 4 aromatic carbocycles. The SMILES string of the molecule is CCNC(=O)Nc1ccc(Cc2ccc(NC(=O)NCCCOC(=O)Nc3ccc(Cc4ccc(N=C=O)cc4)cc3)cc2)cc1. The summed E-state index contributed by atoms with van der Waals surface area (Å²) in [5.41, 5.74) is 6.84. The minimum atomic E-state index is -0.574. The van der Waals surface area contributed by atoms with E-state index in [-0.39, 0.29) is 18.7 Å². The summed E-state index contributed by atoms with van der Waals surface area (Å²) in [5, 5.41) is 13.7. The monoisotopic (exact) mass is 620 g/mol. The number of urea groups is 2. The van der Waals surface area contributed by atoms with Crippen LogP contribution >= 0.6 is 0 Å². The van der Waals surface area contributed by atoms with E-state index in [1.54, 1.807) is 24.3 Å². The fourth-order valence-electron chi connectivity index (χ4n) is 4.43. The van der Waals surface area contributed by atoms with Gasteiger partial charge in [-0.1, -0.05) is 48.5 Å². The summed E-state index contributed by atoms with van der Waals surface area (Å²) in [4.78, 5) is 50.0. The van der Waals surface area contributed by atoms with Crippen LogP contribution in [0.2, 0.25) is 0 Å². The molecular formula is C35H36N6O5. The lowest BCUT2D eigenvalue weighted by atomic mass is 10.0. The Labute approximate surface area is 267 Å². The summed E-state index contributed by atoms with van der Waals surface area (Å²) in [6.45, 7) is 2.90. The lowest BCUT2D eigenvalue weighted by Gasteiger charge is -2.10. The highest BCUT2D eigenvalue weighted by Crippen LogP contribution is 2.18. The van der Waals surface area contributed by atoms with Gasteiger partial charge in [0.2, 0.25) is 6.08 Å². The quantitative estimate of drug-likeness (QED) is 0.0638. The molecule has 0 atom stereocenters. The van der Waals surface area contributed by atoms with Gasteiger partial charge in [0.05, 0.1) is 12.3 Å². The van der Waals surface area contributed by atoms with Crippen molar-refractivity contribution < 1.29 is 23.9 Å². The molecule has 0 radical (unpaired) electrons. The molecule has 0 aliphatic carbocycles. The van der Waals surface area contributed by atoms with Crippen molar-refractivity contribution in [3.63, 3.8) is 0 Å². The lowest BCUT2D eigenvalue weighted by molar-refractivity contribution is 0.160. The number of carbonyl (C=O) groups is 3. The number of rotatable bonds is 13. The van der Waals surface area contributed by atoms with E-state index in [0.29, 0.717) is 49.4 Å². The Hall–Kier alpha value is -5.93. The third-order valence-corrected chi connectivity index (χ3v) is 6.73. The molecule has 0 saturated carbocycles. The van der Waals surface area contributed by atoms with Crippen molar-refractivity contribution in [1.29, 1.82) is 0 Å². The normalized spacial score (nSPS) is 10.2. The predicted molar refractivity (Wildman–Crippen MR) is 178 cm³/mol. The summed E-state index contributed by atoms with van der Waals surface area (Å²) < 4.78 is 5.22. The molecule has 0 fully saturated rings. The van der Waals surface area contributed by atoms with Crippen molar-refractivity contribution in [2.24, 2.45) is 4.99 Å². The molecule has 4 rings (SSSR count). The Morgan fingerprint density at radius 3 is 1.52 bits per heavy atom. The van der Waals surface area contributed by atoms with E-state index in [0.717, 1.165) is 27.9 Å². The molecule has 0 spiro atoms. The number of benzene rings is 4. The third-order valence-electron chi connectivity index (χ3n) is 6.73. The Kier molecular flexibility index (Phi) is 12.5. The second kappa shape index (κ2) is 17.4. The zero-order valence-electron chi connectivity index (χ0n) is 25.5. The molecule has 0 saturated heterocycles. The molecule has 4 aromatic rings. The average molecular weight is 621 g/mol. The van der Waals surface area contributed by atoms with Crippen molar-refractivity contribution in [2.75, 3.05) is 35.6 Å². The highest BCUT2D eigenvalue weighted by molar-refractivity contribution is 5.89. The van der Waals surface area contributed by atoms with Crippen molar-refractivity contribution in [2.45, 2.75) is 26.2 Å². The average Bonchev–Trinajstić information content (AvgIpc) is 3.05. The molecule has 0 aliphatic heterocycles. The van der Waals surface area contributed by atoms with E-state index in [2.05, 4.69) is 31.6 Å². The maximum atomic E-state index is 12.3. The molecule has 5 amide bonds. The highest BCUT2D eigenvalue weighted by Gasteiger charge is 2.06. The van der Waals surface area contributed by atoms with E-state index in [4.69, 9.17) is 4.74 Å². The van der Waals surface area contributed by atoms with Crippen LogP contribution in [0.15, 0.2) is 102 Å². The van der Waals surface area contributed by atoms with Crippen molar-refractivity contribution in [3.05, 3.63) is 119 Å². The number of isocyanates is 1. The first-order chi connectivity index (χ1) is 22.4. The van der Waals surface area contributed by atoms with E-state index in [1.165, 1.54) is 6.08 Å². The van der Waals surface area contributed by atoms with Crippen LogP contribution in [0.1, 0.15) is 35.6 Å². The molecule has 0 unspecified atom stereocenters. The minimum absolute atomic E-state index is 0.145. The molecule has 236 valence electrons. The molecule has 46 heavy (non-hydrogen) atoms. The van der Waals surface area contributed by atoms with Gasteiger partial charge in [0, 0.05) is 30.2 Å². The van der Waals surface area contributed by atoms with Gasteiger partial charge < -0.3 is 26.0 Å². The van der Waals surface area contributed by atoms with E-state index < -0.39 is 6.09 Å². The lowest BCUT2D eigenvalue weighted by Crippen LogP contribution is -2.30. The molecule has 0 aliphatic rings. The van der Waals surface area contributed by atoms with Gasteiger partial charge in [-0.3, -0.25) is 5.32 Å². The van der Waals surface area contributed by atoms with E-state index in [1.807, 2.05) is 79.7 Å². The van der Waals surface area contributed by atoms with Gasteiger partial charge in [-0.15, -0.1) is 0 Å². The van der Waals surface area contributed by atoms with Crippen LogP contribution in [-0.2, 0) is 22.4 Å². The smallest absolute Gasteiger partial charge is 0.411 e. The van der Waals surface area contributed by atoms with Crippen molar-refractivity contribution in [3.8, 4) is 0 Å². The van der Waals surface area contributed by atoms with Crippen LogP contribution in [0.3, 0.4) is 0 Å². The second-order valence-corrected chi connectivity index (χ2v) is 10.3. The fourth-order valence-corrected chi connectivity index (χ4v) is 4.43. The van der Waals surface area contributed by atoms with Gasteiger partial charge in [0.1, 0.15) is 0 Å². The van der Waals surface area contributed by atoms with Crippen molar-refractivity contribution in [1.82, 2.24) is 10.6 Å². The maximum absolute atomic E-state index is 12.3. The van der Waals surface area contributed by atoms with Crippen LogP contribution in [-0.4, -0.2) is 43.9 Å². The summed E-state index contributed by atoms with van der Waals surface area (Å²) in [6.07, 6.45) is 2.80. The number of anilines is 3. The minimum Gasteiger partial charge on any atom is -0.449 e. The number of hydrogen-bond acceptors (Lipinski definition) is 6. The summed E-state index contributed by atoms with van der Waals surface area (Å²) >= 11 is 0. The standard InChI is InChI=1S/C35H36N6O5/c1-2-36-33(43)39-30-14-6-26(7-15-30)23-27-8-16-31(17-9-27)40-34(44)37-20-3-21-46-35(45)41-32-18-10-28(11-19-32)22-25-4-12-29(13-5-25)38-24-42/h4-19H,2-3,20-23H2,1H3,(H,41,45)(H2,36,39,43)(H2,37,40,44). The molecular weight excluding hydrogens is 584 g/mol. The number of ether oxygens (including phenoxy) is 1. The number of hydrogen-bond donors (Lipinski definition) is 5. The Bertz CT molecular complexity index is 1630. The molecule has 11 nitrogen and oxygen atoms in total. The summed E-state index contributed by atoms with van der Waals surface area (Å²) in [7, 11) is 0. The Balaban J connectivity index is 1.09. The van der Waals surface area contributed by atoms with E-state index >= 15 is 0 Å². The maximum Gasteiger partial charge on any atom is 0.411 e. The molecule has 0 aromatic heterocycles. The predicted octanol–water partition coefficient (Wildman–Crippen LogP) is 6.74. The van der Waals surface area contributed by atoms with Crippen LogP contribution < -0.4 is 26.6 Å². The molecule has 0 bridgehead atoms. The zero-order valence-corrected chi connectivity index (χ0v) is 25.5. The largest absolute Gasteiger partial charge is 0.449 e. The first-order valence-corrected chi connectivity index (χ1v) is 14.9. The fraction of sp³-hybridized carbons (Fsp3) is 0.200. The number of carbonyl (C=O) groups excluding carboxylic acids is 4. The number of nitrogens with one attached hydrogen (secondary N) is 5. The number of aliphatic imine (C=N–C) groups is 1. The van der Waals surface area contributed by atoms with Crippen LogP contribution in [0, 0.1) is 0 Å². The zero-order chi connectivity index (χ0) is 32.6. The first kappa shape index (κ1) is 33.0. The van der Waals surface area contributed by atoms with Gasteiger partial charge in [0.15, 0.2) is 0 Å².